The molecular weight excluding hydrogens is 432 g/mol. The quantitative estimate of drug-likeness (QED) is 0.493. The Balaban J connectivity index is 1.74. The van der Waals surface area contributed by atoms with Crippen molar-refractivity contribution in [2.24, 2.45) is 5.92 Å². The fourth-order valence-electron chi connectivity index (χ4n) is 4.29. The topological polar surface area (TPSA) is 95.9 Å². The minimum atomic E-state index is -0.990. The molecule has 2 aromatic rings. The number of likely N-dealkylation sites (tertiary alicyclic amines) is 1. The monoisotopic (exact) mass is 466 g/mol. The lowest BCUT2D eigenvalue weighted by Crippen LogP contribution is -2.56. The number of amides is 1. The smallest absolute Gasteiger partial charge is 0.326 e. The van der Waals surface area contributed by atoms with E-state index in [0.29, 0.717) is 32.2 Å². The van der Waals surface area contributed by atoms with Crippen molar-refractivity contribution < 1.29 is 24.2 Å². The Hall–Kier alpha value is -3.19. The number of carbonyl (C=O) groups excluding carboxylic acids is 2. The van der Waals surface area contributed by atoms with Gasteiger partial charge in [0.2, 0.25) is 5.91 Å². The molecule has 0 bridgehead atoms. The highest BCUT2D eigenvalue weighted by atomic mass is 16.5. The van der Waals surface area contributed by atoms with Gasteiger partial charge in [0.15, 0.2) is 0 Å². The fourth-order valence-corrected chi connectivity index (χ4v) is 4.29. The van der Waals surface area contributed by atoms with Crippen molar-refractivity contribution >= 4 is 17.8 Å². The molecule has 182 valence electrons. The van der Waals surface area contributed by atoms with Crippen LogP contribution in [0, 0.1) is 5.92 Å². The molecular formula is C27H34N2O5. The van der Waals surface area contributed by atoms with Crippen LogP contribution in [0.1, 0.15) is 44.2 Å². The van der Waals surface area contributed by atoms with Gasteiger partial charge in [0, 0.05) is 6.54 Å². The molecule has 0 spiro atoms. The van der Waals surface area contributed by atoms with Crippen LogP contribution in [0.2, 0.25) is 0 Å². The maximum atomic E-state index is 13.4. The van der Waals surface area contributed by atoms with E-state index in [1.54, 1.807) is 0 Å². The van der Waals surface area contributed by atoms with E-state index in [0.717, 1.165) is 11.1 Å². The molecule has 2 N–H and O–H groups in total. The molecule has 3 atom stereocenters. The molecule has 0 saturated carbocycles. The first-order valence-corrected chi connectivity index (χ1v) is 11.9. The van der Waals surface area contributed by atoms with Crippen LogP contribution >= 0.6 is 0 Å². The number of ether oxygens (including phenoxy) is 1. The lowest BCUT2D eigenvalue weighted by atomic mass is 9.98. The number of aliphatic carboxylic acids is 1. The number of nitrogens with one attached hydrogen (secondary N) is 1. The van der Waals surface area contributed by atoms with E-state index >= 15 is 0 Å². The van der Waals surface area contributed by atoms with Crippen LogP contribution in [0.3, 0.4) is 0 Å². The number of aryl methyl sites for hydroxylation is 1. The van der Waals surface area contributed by atoms with Crippen LogP contribution in [0.15, 0.2) is 60.7 Å². The zero-order valence-corrected chi connectivity index (χ0v) is 19.9. The minimum Gasteiger partial charge on any atom is -0.480 e. The van der Waals surface area contributed by atoms with E-state index in [4.69, 9.17) is 4.74 Å². The molecule has 7 nitrogen and oxygen atoms in total. The van der Waals surface area contributed by atoms with Gasteiger partial charge in [-0.05, 0) is 42.7 Å². The third-order valence-corrected chi connectivity index (χ3v) is 6.21. The Morgan fingerprint density at radius 3 is 2.24 bits per heavy atom. The summed E-state index contributed by atoms with van der Waals surface area (Å²) in [6.45, 7) is 4.35. The maximum absolute atomic E-state index is 13.4. The summed E-state index contributed by atoms with van der Waals surface area (Å²) in [7, 11) is 0. The van der Waals surface area contributed by atoms with E-state index in [-0.39, 0.29) is 18.4 Å². The number of esters is 1. The second-order valence-electron chi connectivity index (χ2n) is 9.09. The van der Waals surface area contributed by atoms with E-state index < -0.39 is 30.1 Å². The van der Waals surface area contributed by atoms with Gasteiger partial charge in [-0.3, -0.25) is 14.9 Å². The Labute approximate surface area is 201 Å². The van der Waals surface area contributed by atoms with Gasteiger partial charge in [0.05, 0.1) is 6.04 Å². The van der Waals surface area contributed by atoms with Gasteiger partial charge in [-0.25, -0.2) is 4.79 Å². The molecule has 1 saturated heterocycles. The summed E-state index contributed by atoms with van der Waals surface area (Å²) in [6.07, 6.45) is 2.20. The number of benzene rings is 2. The van der Waals surface area contributed by atoms with Crippen molar-refractivity contribution in [3.8, 4) is 0 Å². The zero-order chi connectivity index (χ0) is 24.5. The molecule has 0 aromatic heterocycles. The second-order valence-corrected chi connectivity index (χ2v) is 9.09. The molecule has 0 radical (unpaired) electrons. The SMILES string of the molecule is CC(C)[C@@H](NC(CCc1ccccc1)C(=O)OCc1ccccc1)C(=O)N1CCC[C@H]1C(=O)O. The van der Waals surface area contributed by atoms with Gasteiger partial charge in [0.1, 0.15) is 18.7 Å². The first-order chi connectivity index (χ1) is 16.4. The summed E-state index contributed by atoms with van der Waals surface area (Å²) in [5.41, 5.74) is 1.97. The van der Waals surface area contributed by atoms with Gasteiger partial charge in [-0.2, -0.15) is 0 Å². The molecule has 34 heavy (non-hydrogen) atoms. The van der Waals surface area contributed by atoms with Crippen molar-refractivity contribution in [3.05, 3.63) is 71.8 Å². The predicted octanol–water partition coefficient (Wildman–Crippen LogP) is 3.42. The average molecular weight is 467 g/mol. The number of hydrogen-bond acceptors (Lipinski definition) is 5. The number of rotatable bonds is 11. The molecule has 3 rings (SSSR count). The van der Waals surface area contributed by atoms with Crippen LogP contribution in [-0.4, -0.2) is 52.5 Å². The lowest BCUT2D eigenvalue weighted by molar-refractivity contribution is -0.151. The molecule has 1 heterocycles. The minimum absolute atomic E-state index is 0.135. The highest BCUT2D eigenvalue weighted by molar-refractivity contribution is 5.88. The summed E-state index contributed by atoms with van der Waals surface area (Å²) < 4.78 is 5.60. The summed E-state index contributed by atoms with van der Waals surface area (Å²) in [5.74, 6) is -1.82. The van der Waals surface area contributed by atoms with Crippen LogP contribution in [0.4, 0.5) is 0 Å². The molecule has 0 aliphatic carbocycles. The summed E-state index contributed by atoms with van der Waals surface area (Å²) in [6, 6.07) is 17.1. The van der Waals surface area contributed by atoms with Crippen molar-refractivity contribution in [2.75, 3.05) is 6.54 Å². The maximum Gasteiger partial charge on any atom is 0.326 e. The summed E-state index contributed by atoms with van der Waals surface area (Å²) in [4.78, 5) is 39.5. The first kappa shape index (κ1) is 25.4. The largest absolute Gasteiger partial charge is 0.480 e. The Kier molecular flexibility index (Phi) is 9.22. The summed E-state index contributed by atoms with van der Waals surface area (Å²) in [5, 5.41) is 12.8. The fraction of sp³-hybridized carbons (Fsp3) is 0.444. The van der Waals surface area contributed by atoms with Gasteiger partial charge < -0.3 is 14.7 Å². The summed E-state index contributed by atoms with van der Waals surface area (Å²) >= 11 is 0. The van der Waals surface area contributed by atoms with Crippen LogP contribution in [-0.2, 0) is 32.1 Å². The Bertz CT molecular complexity index is 948. The van der Waals surface area contributed by atoms with Crippen molar-refractivity contribution in [2.45, 2.75) is 64.3 Å². The standard InChI is InChI=1S/C27H34N2O5/c1-19(2)24(25(30)29-17-9-14-23(29)26(31)32)28-22(16-15-20-10-5-3-6-11-20)27(33)34-18-21-12-7-4-8-13-21/h3-8,10-13,19,22-24,28H,9,14-18H2,1-2H3,(H,31,32)/t22?,23-,24+/m0/s1. The molecule has 1 aliphatic heterocycles. The van der Waals surface area contributed by atoms with Gasteiger partial charge in [0.25, 0.3) is 0 Å². The molecule has 2 aromatic carbocycles. The number of carbonyl (C=O) groups is 3. The van der Waals surface area contributed by atoms with Crippen LogP contribution < -0.4 is 5.32 Å². The zero-order valence-electron chi connectivity index (χ0n) is 19.9. The second kappa shape index (κ2) is 12.3. The van der Waals surface area contributed by atoms with Crippen LogP contribution in [0.5, 0.6) is 0 Å². The lowest BCUT2D eigenvalue weighted by Gasteiger charge is -2.31. The number of hydrogen-bond donors (Lipinski definition) is 2. The van der Waals surface area contributed by atoms with Gasteiger partial charge in [-0.15, -0.1) is 0 Å². The molecule has 1 amide bonds. The van der Waals surface area contributed by atoms with Crippen molar-refractivity contribution in [1.29, 1.82) is 0 Å². The normalized spacial score (nSPS) is 17.4. The predicted molar refractivity (Wildman–Crippen MR) is 129 cm³/mol. The van der Waals surface area contributed by atoms with Crippen molar-refractivity contribution in [1.82, 2.24) is 10.2 Å². The highest BCUT2D eigenvalue weighted by Crippen LogP contribution is 2.21. The third-order valence-electron chi connectivity index (χ3n) is 6.21. The molecule has 7 heteroatoms. The van der Waals surface area contributed by atoms with E-state index in [2.05, 4.69) is 5.32 Å². The van der Waals surface area contributed by atoms with Crippen molar-refractivity contribution in [3.63, 3.8) is 0 Å². The van der Waals surface area contributed by atoms with E-state index in [9.17, 15) is 19.5 Å². The van der Waals surface area contributed by atoms with E-state index in [1.165, 1.54) is 4.90 Å². The van der Waals surface area contributed by atoms with Gasteiger partial charge >= 0.3 is 11.9 Å². The first-order valence-electron chi connectivity index (χ1n) is 11.9. The highest BCUT2D eigenvalue weighted by Gasteiger charge is 2.39. The molecule has 1 fully saturated rings. The average Bonchev–Trinajstić information content (AvgIpc) is 3.34. The number of carboxylic acids is 1. The number of carboxylic acid groups (broad SMARTS) is 1. The molecule has 1 unspecified atom stereocenters. The Morgan fingerprint density at radius 1 is 1.03 bits per heavy atom. The van der Waals surface area contributed by atoms with Gasteiger partial charge in [-0.1, -0.05) is 74.5 Å². The molecule has 1 aliphatic rings. The third kappa shape index (κ3) is 6.90. The van der Waals surface area contributed by atoms with E-state index in [1.807, 2.05) is 74.5 Å². The van der Waals surface area contributed by atoms with Crippen LogP contribution in [0.25, 0.3) is 0 Å². The number of nitrogens with zero attached hydrogens (tertiary/aromatic N) is 1. The Morgan fingerprint density at radius 2 is 1.65 bits per heavy atom.